The largest absolute Gasteiger partial charge is 0.490 e. The molecule has 2 amide bonds. The zero-order chi connectivity index (χ0) is 28.6. The second kappa shape index (κ2) is 13.0. The molecule has 210 valence electrons. The molecule has 17 heteroatoms. The molecule has 4 rings (SSSR count). The maximum absolute atomic E-state index is 12.7. The van der Waals surface area contributed by atoms with Crippen LogP contribution in [0.15, 0.2) is 30.6 Å². The van der Waals surface area contributed by atoms with Crippen LogP contribution in [0.2, 0.25) is 0 Å². The minimum absolute atomic E-state index is 0.209. The fourth-order valence-corrected chi connectivity index (χ4v) is 4.14. The molecule has 0 spiro atoms. The lowest BCUT2D eigenvalue weighted by Crippen LogP contribution is -2.49. The van der Waals surface area contributed by atoms with E-state index < -0.39 is 18.1 Å². The Morgan fingerprint density at radius 2 is 1.82 bits per heavy atom. The van der Waals surface area contributed by atoms with E-state index in [9.17, 15) is 22.8 Å². The predicted molar refractivity (Wildman–Crippen MR) is 131 cm³/mol. The molecule has 2 aromatic heterocycles. The Hall–Kier alpha value is -4.25. The minimum Gasteiger partial charge on any atom is -0.482 e. The summed E-state index contributed by atoms with van der Waals surface area (Å²) >= 11 is 1.27. The molecule has 1 aliphatic heterocycles. The van der Waals surface area contributed by atoms with Crippen LogP contribution in [0.5, 0.6) is 11.6 Å². The van der Waals surface area contributed by atoms with Crippen LogP contribution in [0.1, 0.15) is 5.56 Å². The van der Waals surface area contributed by atoms with Gasteiger partial charge in [-0.15, -0.1) is 0 Å². The Bertz CT molecular complexity index is 1310. The Morgan fingerprint density at radius 1 is 1.13 bits per heavy atom. The van der Waals surface area contributed by atoms with Crippen LogP contribution in [0.25, 0.3) is 10.3 Å². The maximum Gasteiger partial charge on any atom is 0.490 e. The molecule has 0 bridgehead atoms. The highest BCUT2D eigenvalue weighted by atomic mass is 32.1. The summed E-state index contributed by atoms with van der Waals surface area (Å²) in [5.41, 5.74) is 1.55. The number of ether oxygens (including phenoxy) is 2. The standard InChI is InChI=1S/C20H22N6O5S.C2HF3O2/c1-30-17-16-18(22-12-21-17)32-19(23-16)24-20(29)26-7-5-25(6-8-26)10-13-3-2-4-14(9-13)31-11-15(27)28;3-2(4,5)1(6)7/h2-4,9,12H,5-8,10-11H2,1H3,(H,27,28)(H,23,24,29);(H,6,7). The number of alkyl halides is 3. The molecular formula is C22H23F3N6O7S. The molecule has 3 heterocycles. The smallest absolute Gasteiger partial charge is 0.482 e. The fourth-order valence-electron chi connectivity index (χ4n) is 3.35. The van der Waals surface area contributed by atoms with Crippen LogP contribution in [0.4, 0.5) is 23.1 Å². The highest BCUT2D eigenvalue weighted by molar-refractivity contribution is 7.22. The molecule has 0 saturated carbocycles. The molecule has 3 aromatic rings. The number of fused-ring (bicyclic) bond motifs is 1. The van der Waals surface area contributed by atoms with E-state index in [2.05, 4.69) is 25.2 Å². The van der Waals surface area contributed by atoms with Crippen molar-refractivity contribution in [1.29, 1.82) is 0 Å². The lowest BCUT2D eigenvalue weighted by molar-refractivity contribution is -0.192. The molecule has 13 nitrogen and oxygen atoms in total. The van der Waals surface area contributed by atoms with Crippen LogP contribution in [-0.2, 0) is 16.1 Å². The number of nitrogens with one attached hydrogen (secondary N) is 1. The van der Waals surface area contributed by atoms with E-state index in [4.69, 9.17) is 24.5 Å². The van der Waals surface area contributed by atoms with Gasteiger partial charge in [-0.2, -0.15) is 18.2 Å². The molecule has 1 saturated heterocycles. The summed E-state index contributed by atoms with van der Waals surface area (Å²) in [6, 6.07) is 7.18. The van der Waals surface area contributed by atoms with Crippen molar-refractivity contribution < 1.29 is 47.2 Å². The number of hydrogen-bond acceptors (Lipinski definition) is 10. The molecule has 3 N–H and O–H groups in total. The van der Waals surface area contributed by atoms with E-state index in [-0.39, 0.29) is 12.6 Å². The number of benzene rings is 1. The van der Waals surface area contributed by atoms with Crippen molar-refractivity contribution in [3.05, 3.63) is 36.2 Å². The fraction of sp³-hybridized carbons (Fsp3) is 0.364. The molecule has 0 aliphatic carbocycles. The van der Waals surface area contributed by atoms with Crippen LogP contribution >= 0.6 is 11.3 Å². The maximum atomic E-state index is 12.7. The highest BCUT2D eigenvalue weighted by Gasteiger charge is 2.38. The molecular weight excluding hydrogens is 549 g/mol. The number of hydrogen-bond donors (Lipinski definition) is 3. The van der Waals surface area contributed by atoms with Gasteiger partial charge < -0.3 is 24.6 Å². The van der Waals surface area contributed by atoms with Crippen molar-refractivity contribution in [3.63, 3.8) is 0 Å². The lowest BCUT2D eigenvalue weighted by Gasteiger charge is -2.34. The van der Waals surface area contributed by atoms with E-state index in [0.717, 1.165) is 5.56 Å². The molecule has 0 unspecified atom stereocenters. The topological polar surface area (TPSA) is 167 Å². The number of rotatable bonds is 7. The number of carbonyl (C=O) groups excluding carboxylic acids is 1. The van der Waals surface area contributed by atoms with Crippen LogP contribution < -0.4 is 14.8 Å². The number of piperazine rings is 1. The Kier molecular flexibility index (Phi) is 9.78. The first kappa shape index (κ1) is 29.3. The summed E-state index contributed by atoms with van der Waals surface area (Å²) < 4.78 is 42.2. The summed E-state index contributed by atoms with van der Waals surface area (Å²) in [5, 5.41) is 19.2. The number of halogens is 3. The zero-order valence-corrected chi connectivity index (χ0v) is 21.2. The predicted octanol–water partition coefficient (Wildman–Crippen LogP) is 2.54. The summed E-state index contributed by atoms with van der Waals surface area (Å²) in [4.78, 5) is 49.4. The van der Waals surface area contributed by atoms with E-state index in [1.54, 1.807) is 11.0 Å². The second-order valence-electron chi connectivity index (χ2n) is 7.88. The second-order valence-corrected chi connectivity index (χ2v) is 8.86. The third kappa shape index (κ3) is 8.64. The quantitative estimate of drug-likeness (QED) is 0.381. The number of nitrogens with zero attached hydrogens (tertiary/aromatic N) is 5. The van der Waals surface area contributed by atoms with Gasteiger partial charge in [-0.1, -0.05) is 23.5 Å². The van der Waals surface area contributed by atoms with E-state index in [1.165, 1.54) is 24.8 Å². The van der Waals surface area contributed by atoms with Gasteiger partial charge in [0.25, 0.3) is 0 Å². The van der Waals surface area contributed by atoms with Gasteiger partial charge in [0, 0.05) is 32.7 Å². The summed E-state index contributed by atoms with van der Waals surface area (Å²) in [5.74, 6) is -2.87. The van der Waals surface area contributed by atoms with Crippen LogP contribution in [-0.4, -0.2) is 99.0 Å². The Balaban J connectivity index is 0.000000532. The van der Waals surface area contributed by atoms with Crippen molar-refractivity contribution >= 4 is 44.8 Å². The number of thiazole rings is 1. The summed E-state index contributed by atoms with van der Waals surface area (Å²) in [6.07, 6.45) is -3.68. The van der Waals surface area contributed by atoms with Crippen molar-refractivity contribution in [3.8, 4) is 11.6 Å². The van der Waals surface area contributed by atoms with Gasteiger partial charge in [-0.05, 0) is 17.7 Å². The first-order chi connectivity index (χ1) is 18.5. The summed E-state index contributed by atoms with van der Waals surface area (Å²) in [6.45, 7) is 2.91. The van der Waals surface area contributed by atoms with Crippen molar-refractivity contribution in [2.24, 2.45) is 0 Å². The first-order valence-corrected chi connectivity index (χ1v) is 12.0. The van der Waals surface area contributed by atoms with Gasteiger partial charge in [0.2, 0.25) is 5.88 Å². The molecule has 0 atom stereocenters. The van der Waals surface area contributed by atoms with Gasteiger partial charge in [0.1, 0.15) is 12.1 Å². The third-order valence-corrected chi connectivity index (χ3v) is 6.02. The highest BCUT2D eigenvalue weighted by Crippen LogP contribution is 2.29. The van der Waals surface area contributed by atoms with Crippen molar-refractivity contribution in [2.75, 3.05) is 45.2 Å². The van der Waals surface area contributed by atoms with E-state index >= 15 is 0 Å². The number of carbonyl (C=O) groups is 3. The Morgan fingerprint density at radius 3 is 2.44 bits per heavy atom. The van der Waals surface area contributed by atoms with Gasteiger partial charge in [0.05, 0.1) is 7.11 Å². The number of anilines is 1. The number of urea groups is 1. The van der Waals surface area contributed by atoms with Gasteiger partial charge in [-0.3, -0.25) is 10.2 Å². The molecule has 0 radical (unpaired) electrons. The first-order valence-electron chi connectivity index (χ1n) is 11.1. The van der Waals surface area contributed by atoms with Gasteiger partial charge in [-0.25, -0.2) is 24.4 Å². The molecule has 1 fully saturated rings. The van der Waals surface area contributed by atoms with Crippen LogP contribution in [0, 0.1) is 0 Å². The monoisotopic (exact) mass is 572 g/mol. The lowest BCUT2D eigenvalue weighted by atomic mass is 10.2. The number of amides is 2. The molecule has 1 aliphatic rings. The number of carboxylic acids is 2. The number of aromatic nitrogens is 3. The normalized spacial score (nSPS) is 13.8. The minimum atomic E-state index is -5.08. The van der Waals surface area contributed by atoms with Gasteiger partial charge in [0.15, 0.2) is 22.1 Å². The number of carboxylic acid groups (broad SMARTS) is 2. The van der Waals surface area contributed by atoms with E-state index in [1.807, 2.05) is 18.2 Å². The zero-order valence-electron chi connectivity index (χ0n) is 20.3. The van der Waals surface area contributed by atoms with Crippen molar-refractivity contribution in [1.82, 2.24) is 24.8 Å². The average Bonchev–Trinajstić information content (AvgIpc) is 3.30. The van der Waals surface area contributed by atoms with E-state index in [0.29, 0.717) is 59.8 Å². The molecule has 39 heavy (non-hydrogen) atoms. The molecule has 1 aromatic carbocycles. The number of methoxy groups -OCH3 is 1. The van der Waals surface area contributed by atoms with Crippen LogP contribution in [0.3, 0.4) is 0 Å². The number of aliphatic carboxylic acids is 2. The SMILES string of the molecule is COc1ncnc2sc(NC(=O)N3CCN(Cc4cccc(OCC(=O)O)c4)CC3)nc12.O=C(O)C(F)(F)F. The third-order valence-electron chi connectivity index (χ3n) is 5.14. The average molecular weight is 573 g/mol. The van der Waals surface area contributed by atoms with Gasteiger partial charge >= 0.3 is 24.1 Å². The van der Waals surface area contributed by atoms with Crippen molar-refractivity contribution in [2.45, 2.75) is 12.7 Å². The summed E-state index contributed by atoms with van der Waals surface area (Å²) in [7, 11) is 1.51. The Labute approximate surface area is 222 Å².